The first-order valence-corrected chi connectivity index (χ1v) is 8.83. The van der Waals surface area contributed by atoms with Gasteiger partial charge in [-0.3, -0.25) is 4.79 Å². The molecule has 0 spiro atoms. The van der Waals surface area contributed by atoms with E-state index < -0.39 is 10.0 Å². The Hall–Kier alpha value is -1.05. The summed E-state index contributed by atoms with van der Waals surface area (Å²) in [4.78, 5) is 12.8. The molecule has 1 unspecified atom stereocenters. The van der Waals surface area contributed by atoms with Crippen LogP contribution in [0.15, 0.2) is 28.0 Å². The fraction of sp³-hybridized carbons (Fsp3) is 0.462. The quantitative estimate of drug-likeness (QED) is 0.925. The Morgan fingerprint density at radius 3 is 2.55 bits per heavy atom. The second-order valence-electron chi connectivity index (χ2n) is 4.50. The van der Waals surface area contributed by atoms with Crippen LogP contribution in [0.5, 0.6) is 0 Å². The smallest absolute Gasteiger partial charge is 0.243 e. The van der Waals surface area contributed by atoms with Crippen LogP contribution in [0.4, 0.5) is 5.69 Å². The molecule has 1 N–H and O–H groups in total. The number of carbonyl (C=O) groups excluding carboxylic acids is 1. The lowest BCUT2D eigenvalue weighted by Crippen LogP contribution is -2.31. The first-order valence-electron chi connectivity index (χ1n) is 6.51. The van der Waals surface area contributed by atoms with E-state index in [1.165, 1.54) is 16.1 Å². The zero-order valence-corrected chi connectivity index (χ0v) is 13.3. The van der Waals surface area contributed by atoms with E-state index in [0.29, 0.717) is 18.8 Å². The number of nitrogens with one attached hydrogen (secondary N) is 1. The summed E-state index contributed by atoms with van der Waals surface area (Å²) in [5.74, 6) is -0.0973. The highest BCUT2D eigenvalue weighted by Crippen LogP contribution is 2.37. The summed E-state index contributed by atoms with van der Waals surface area (Å²) < 4.78 is 26.3. The van der Waals surface area contributed by atoms with Crippen LogP contribution < -0.4 is 5.32 Å². The summed E-state index contributed by atoms with van der Waals surface area (Å²) in [5, 5.41) is 2.59. The fourth-order valence-corrected chi connectivity index (χ4v) is 4.48. The minimum atomic E-state index is -3.49. The molecule has 110 valence electrons. The Morgan fingerprint density at radius 2 is 1.95 bits per heavy atom. The molecule has 1 amide bonds. The highest BCUT2D eigenvalue weighted by Gasteiger charge is 2.27. The number of amides is 1. The van der Waals surface area contributed by atoms with Gasteiger partial charge >= 0.3 is 0 Å². The van der Waals surface area contributed by atoms with Crippen LogP contribution in [0, 0.1) is 0 Å². The van der Waals surface area contributed by atoms with Crippen molar-refractivity contribution in [2.45, 2.75) is 35.8 Å². The normalized spacial score (nSPS) is 18.8. The molecular formula is C13H18N2O3S2. The van der Waals surface area contributed by atoms with Gasteiger partial charge in [-0.05, 0) is 25.1 Å². The zero-order chi connectivity index (χ0) is 14.9. The Kier molecular flexibility index (Phi) is 4.41. The van der Waals surface area contributed by atoms with Crippen molar-refractivity contribution in [3.05, 3.63) is 18.2 Å². The third kappa shape index (κ3) is 2.70. The lowest BCUT2D eigenvalue weighted by atomic mass is 10.3. The molecule has 1 aromatic rings. The molecule has 20 heavy (non-hydrogen) atoms. The predicted molar refractivity (Wildman–Crippen MR) is 80.5 cm³/mol. The second-order valence-corrected chi connectivity index (χ2v) is 7.82. The summed E-state index contributed by atoms with van der Waals surface area (Å²) in [6.45, 7) is 6.28. The fourth-order valence-electron chi connectivity index (χ4n) is 2.06. The molecule has 1 aromatic carbocycles. The topological polar surface area (TPSA) is 66.5 Å². The van der Waals surface area contributed by atoms with Crippen molar-refractivity contribution >= 4 is 33.4 Å². The summed E-state index contributed by atoms with van der Waals surface area (Å²) >= 11 is 1.44. The number of anilines is 1. The van der Waals surface area contributed by atoms with Gasteiger partial charge in [-0.25, -0.2) is 8.42 Å². The maximum atomic E-state index is 12.4. The summed E-state index contributed by atoms with van der Waals surface area (Å²) in [7, 11) is -3.49. The van der Waals surface area contributed by atoms with Crippen molar-refractivity contribution in [2.24, 2.45) is 0 Å². The van der Waals surface area contributed by atoms with Crippen LogP contribution in [-0.2, 0) is 14.8 Å². The van der Waals surface area contributed by atoms with E-state index in [4.69, 9.17) is 0 Å². The second kappa shape index (κ2) is 5.75. The number of sulfonamides is 1. The lowest BCUT2D eigenvalue weighted by molar-refractivity contribution is -0.115. The van der Waals surface area contributed by atoms with Crippen LogP contribution in [0.3, 0.4) is 0 Å². The van der Waals surface area contributed by atoms with Gasteiger partial charge < -0.3 is 5.32 Å². The van der Waals surface area contributed by atoms with E-state index in [1.54, 1.807) is 32.0 Å². The van der Waals surface area contributed by atoms with Gasteiger partial charge in [0.25, 0.3) is 0 Å². The van der Waals surface area contributed by atoms with Crippen LogP contribution >= 0.6 is 11.8 Å². The summed E-state index contributed by atoms with van der Waals surface area (Å²) in [6, 6.07) is 4.90. The van der Waals surface area contributed by atoms with E-state index in [-0.39, 0.29) is 16.1 Å². The number of nitrogens with zero attached hydrogens (tertiary/aromatic N) is 1. The Morgan fingerprint density at radius 1 is 1.30 bits per heavy atom. The van der Waals surface area contributed by atoms with Crippen molar-refractivity contribution in [3.63, 3.8) is 0 Å². The molecule has 0 fully saturated rings. The molecule has 0 bridgehead atoms. The third-order valence-electron chi connectivity index (χ3n) is 3.23. The van der Waals surface area contributed by atoms with E-state index in [2.05, 4.69) is 5.32 Å². The first kappa shape index (κ1) is 15.3. The Labute approximate surface area is 123 Å². The molecule has 0 aromatic heterocycles. The van der Waals surface area contributed by atoms with Gasteiger partial charge in [-0.15, -0.1) is 11.8 Å². The molecule has 0 saturated heterocycles. The lowest BCUT2D eigenvalue weighted by Gasteiger charge is -2.23. The molecule has 7 heteroatoms. The maximum Gasteiger partial charge on any atom is 0.243 e. The van der Waals surface area contributed by atoms with E-state index in [0.717, 1.165) is 4.90 Å². The standard InChI is InChI=1S/C13H18N2O3S2/c1-4-15(5-2)20(17,18)10-6-7-12-11(8-10)14-13(16)9(3)19-12/h6-9H,4-5H2,1-3H3,(H,14,16). The molecular weight excluding hydrogens is 296 g/mol. The molecule has 1 aliphatic heterocycles. The summed E-state index contributed by atoms with van der Waals surface area (Å²) in [5.41, 5.74) is 0.575. The van der Waals surface area contributed by atoms with Crippen LogP contribution in [0.25, 0.3) is 0 Å². The maximum absolute atomic E-state index is 12.4. The number of benzene rings is 1. The monoisotopic (exact) mass is 314 g/mol. The molecule has 1 atom stereocenters. The van der Waals surface area contributed by atoms with Crippen molar-refractivity contribution in [1.82, 2.24) is 4.31 Å². The van der Waals surface area contributed by atoms with Gasteiger partial charge in [0.2, 0.25) is 15.9 Å². The third-order valence-corrected chi connectivity index (χ3v) is 6.45. The largest absolute Gasteiger partial charge is 0.324 e. The molecule has 0 saturated carbocycles. The zero-order valence-electron chi connectivity index (χ0n) is 11.7. The van der Waals surface area contributed by atoms with Crippen molar-refractivity contribution in [2.75, 3.05) is 18.4 Å². The predicted octanol–water partition coefficient (Wildman–Crippen LogP) is 2.15. The molecule has 1 heterocycles. The minimum Gasteiger partial charge on any atom is -0.324 e. The first-order chi connectivity index (χ1) is 9.40. The van der Waals surface area contributed by atoms with Crippen molar-refractivity contribution in [3.8, 4) is 0 Å². The number of rotatable bonds is 4. The van der Waals surface area contributed by atoms with Crippen molar-refractivity contribution < 1.29 is 13.2 Å². The average Bonchev–Trinajstić information content (AvgIpc) is 2.40. The minimum absolute atomic E-state index is 0.0973. The summed E-state index contributed by atoms with van der Waals surface area (Å²) in [6.07, 6.45) is 0. The highest BCUT2D eigenvalue weighted by molar-refractivity contribution is 8.01. The van der Waals surface area contributed by atoms with E-state index >= 15 is 0 Å². The average molecular weight is 314 g/mol. The van der Waals surface area contributed by atoms with Crippen LogP contribution in [-0.4, -0.2) is 37.0 Å². The number of thioether (sulfide) groups is 1. The van der Waals surface area contributed by atoms with Gasteiger partial charge in [0.15, 0.2) is 0 Å². The highest BCUT2D eigenvalue weighted by atomic mass is 32.2. The number of hydrogen-bond acceptors (Lipinski definition) is 4. The van der Waals surface area contributed by atoms with E-state index in [9.17, 15) is 13.2 Å². The van der Waals surface area contributed by atoms with E-state index in [1.807, 2.05) is 6.92 Å². The van der Waals surface area contributed by atoms with Crippen molar-refractivity contribution in [1.29, 1.82) is 0 Å². The number of carbonyl (C=O) groups is 1. The molecule has 0 radical (unpaired) electrons. The van der Waals surface area contributed by atoms with Gasteiger partial charge in [-0.1, -0.05) is 13.8 Å². The molecule has 2 rings (SSSR count). The number of hydrogen-bond donors (Lipinski definition) is 1. The van der Waals surface area contributed by atoms with Crippen LogP contribution in [0.2, 0.25) is 0 Å². The van der Waals surface area contributed by atoms with Gasteiger partial charge in [0.05, 0.1) is 15.8 Å². The Balaban J connectivity index is 2.42. The van der Waals surface area contributed by atoms with Gasteiger partial charge in [0, 0.05) is 18.0 Å². The molecule has 1 aliphatic rings. The number of fused-ring (bicyclic) bond motifs is 1. The van der Waals surface area contributed by atoms with Crippen LogP contribution in [0.1, 0.15) is 20.8 Å². The Bertz CT molecular complexity index is 625. The van der Waals surface area contributed by atoms with Gasteiger partial charge in [-0.2, -0.15) is 4.31 Å². The SMILES string of the molecule is CCN(CC)S(=O)(=O)c1ccc2c(c1)NC(=O)C(C)S2. The van der Waals surface area contributed by atoms with Gasteiger partial charge in [0.1, 0.15) is 0 Å². The molecule has 5 nitrogen and oxygen atoms in total. The molecule has 0 aliphatic carbocycles.